The van der Waals surface area contributed by atoms with Crippen molar-refractivity contribution in [3.63, 3.8) is 0 Å². The van der Waals surface area contributed by atoms with Crippen LogP contribution in [0.2, 0.25) is 0 Å². The molecule has 2 aliphatic heterocycles. The fraction of sp³-hybridized carbons (Fsp3) is 0.526. The molecule has 1 saturated carbocycles. The summed E-state index contributed by atoms with van der Waals surface area (Å²) in [5.41, 5.74) is 3.87. The van der Waals surface area contributed by atoms with Crippen molar-refractivity contribution in [2.45, 2.75) is 122 Å². The van der Waals surface area contributed by atoms with Gasteiger partial charge in [-0.3, -0.25) is 18.9 Å². The number of rotatable bonds is 12. The molecule has 1 aromatic carbocycles. The van der Waals surface area contributed by atoms with Crippen molar-refractivity contribution in [3.05, 3.63) is 97.6 Å². The minimum atomic E-state index is -0.312. The topological polar surface area (TPSA) is 87.2 Å². The summed E-state index contributed by atoms with van der Waals surface area (Å²) >= 11 is 0. The summed E-state index contributed by atoms with van der Waals surface area (Å²) < 4.78 is 15.4. The Balaban J connectivity index is 1.32. The molecule has 0 N–H and O–H groups in total. The van der Waals surface area contributed by atoms with Crippen LogP contribution in [-0.4, -0.2) is 39.9 Å². The second-order valence-electron chi connectivity index (χ2n) is 13.4. The van der Waals surface area contributed by atoms with Crippen molar-refractivity contribution >= 4 is 17.7 Å². The van der Waals surface area contributed by atoms with E-state index in [0.29, 0.717) is 43.8 Å². The molecule has 2 atom stereocenters. The number of ether oxygens (including phenoxy) is 2. The Hall–Kier alpha value is -3.78. The molecule has 1 fully saturated rings. The van der Waals surface area contributed by atoms with Crippen LogP contribution in [0.3, 0.4) is 0 Å². The number of allylic oxidation sites excluding steroid dienone is 5. The molecular formula is C38H48N4O4. The molecule has 2 aromatic rings. The fourth-order valence-electron chi connectivity index (χ4n) is 6.78. The third kappa shape index (κ3) is 7.12. The number of fused-ring (bicyclic) bond motifs is 1. The molecule has 46 heavy (non-hydrogen) atoms. The molecule has 0 amide bonds. The van der Waals surface area contributed by atoms with Gasteiger partial charge in [-0.15, -0.1) is 0 Å². The summed E-state index contributed by atoms with van der Waals surface area (Å²) in [5.74, 6) is 0.981. The average molecular weight is 625 g/mol. The van der Waals surface area contributed by atoms with Crippen LogP contribution >= 0.6 is 0 Å². The van der Waals surface area contributed by atoms with E-state index in [0.717, 1.165) is 61.3 Å². The van der Waals surface area contributed by atoms with Gasteiger partial charge in [-0.1, -0.05) is 48.9 Å². The lowest BCUT2D eigenvalue weighted by molar-refractivity contribution is 0.0635. The van der Waals surface area contributed by atoms with Gasteiger partial charge in [0.2, 0.25) is 0 Å². The zero-order valence-electron chi connectivity index (χ0n) is 27.6. The number of hydrogen-bond donors (Lipinski definition) is 0. The second-order valence-corrected chi connectivity index (χ2v) is 13.4. The zero-order chi connectivity index (χ0) is 32.0. The molecule has 8 heteroatoms. The minimum absolute atomic E-state index is 0.107. The number of benzene rings is 1. The van der Waals surface area contributed by atoms with E-state index in [2.05, 4.69) is 37.3 Å². The van der Waals surface area contributed by atoms with Gasteiger partial charge in [0, 0.05) is 25.1 Å². The lowest BCUT2D eigenvalue weighted by atomic mass is 9.88. The van der Waals surface area contributed by atoms with E-state index in [1.807, 2.05) is 32.0 Å². The number of aryl methyl sites for hydroxylation is 1. The summed E-state index contributed by atoms with van der Waals surface area (Å²) in [6.45, 7) is 6.84. The summed E-state index contributed by atoms with van der Waals surface area (Å²) in [6, 6.07) is 10.2. The van der Waals surface area contributed by atoms with Crippen molar-refractivity contribution in [1.29, 1.82) is 0 Å². The van der Waals surface area contributed by atoms with Gasteiger partial charge in [0.15, 0.2) is 0 Å². The van der Waals surface area contributed by atoms with E-state index in [1.165, 1.54) is 23.0 Å². The Morgan fingerprint density at radius 3 is 2.63 bits per heavy atom. The van der Waals surface area contributed by atoms with Gasteiger partial charge in [-0.2, -0.15) is 0 Å². The normalized spacial score (nSPS) is 21.5. The van der Waals surface area contributed by atoms with Crippen LogP contribution in [0.15, 0.2) is 85.2 Å². The van der Waals surface area contributed by atoms with Crippen LogP contribution in [-0.2, 0) is 22.4 Å². The quantitative estimate of drug-likeness (QED) is 0.181. The standard InChI is InChI=1S/C38H48N4O4/c1-26(2)42-36-33(37(43)41(38(42)44)23-12-24-45-29-15-9-4-5-10-16-29)32(22-20-28-13-7-6-8-14-28)35(40-36)34-27(3)19-21-31(25-39-34)46-30-17-11-18-30/h6-9,13-15,21,25-26,29-30,32H,4-5,10-12,16-20,22-24H2,1-3H3. The Bertz CT molecular complexity index is 1670. The van der Waals surface area contributed by atoms with E-state index in [1.54, 1.807) is 10.8 Å². The molecular weight excluding hydrogens is 576 g/mol. The molecule has 8 nitrogen and oxygen atoms in total. The smallest absolute Gasteiger partial charge is 0.332 e. The van der Waals surface area contributed by atoms with Gasteiger partial charge in [0.25, 0.3) is 5.56 Å². The molecule has 1 aromatic heterocycles. The molecule has 0 radical (unpaired) electrons. The van der Waals surface area contributed by atoms with Crippen LogP contribution in [0.4, 0.5) is 5.82 Å². The highest BCUT2D eigenvalue weighted by molar-refractivity contribution is 6.10. The summed E-state index contributed by atoms with van der Waals surface area (Å²) in [7, 11) is 0. The lowest BCUT2D eigenvalue weighted by Gasteiger charge is -2.26. The largest absolute Gasteiger partial charge is 0.489 e. The SMILES string of the molecule is CC1=C(C2=Nc3c(c(=O)n(CCCOC4C=CCCCC4)c(=O)n3C(C)C)C2CCc2ccccc2)N=CC(OC2CCC2)=CC1. The number of hydrogen-bond acceptors (Lipinski definition) is 6. The second kappa shape index (κ2) is 14.8. The van der Waals surface area contributed by atoms with Gasteiger partial charge in [-0.25, -0.2) is 9.79 Å². The monoisotopic (exact) mass is 624 g/mol. The Labute approximate surface area is 272 Å². The first-order chi connectivity index (χ1) is 22.4. The highest BCUT2D eigenvalue weighted by Crippen LogP contribution is 2.40. The number of nitrogens with zero attached hydrogens (tertiary/aromatic N) is 4. The molecule has 2 aliphatic carbocycles. The van der Waals surface area contributed by atoms with Crippen molar-refractivity contribution in [2.75, 3.05) is 6.61 Å². The van der Waals surface area contributed by atoms with Crippen LogP contribution in [0.1, 0.15) is 108 Å². The van der Waals surface area contributed by atoms with Crippen LogP contribution < -0.4 is 11.2 Å². The van der Waals surface area contributed by atoms with E-state index in [-0.39, 0.29) is 35.4 Å². The Morgan fingerprint density at radius 2 is 1.87 bits per heavy atom. The molecule has 2 unspecified atom stereocenters. The van der Waals surface area contributed by atoms with Gasteiger partial charge in [-0.05, 0) is 102 Å². The predicted molar refractivity (Wildman–Crippen MR) is 185 cm³/mol. The molecule has 0 bridgehead atoms. The number of aliphatic imine (C=N–C) groups is 2. The summed E-state index contributed by atoms with van der Waals surface area (Å²) in [6.07, 6.45) is 19.2. The van der Waals surface area contributed by atoms with Crippen LogP contribution in [0.5, 0.6) is 0 Å². The van der Waals surface area contributed by atoms with Crippen molar-refractivity contribution in [3.8, 4) is 0 Å². The van der Waals surface area contributed by atoms with Crippen molar-refractivity contribution < 1.29 is 9.47 Å². The third-order valence-corrected chi connectivity index (χ3v) is 9.62. The average Bonchev–Trinajstić information content (AvgIpc) is 3.15. The number of aromatic nitrogens is 2. The minimum Gasteiger partial charge on any atom is -0.489 e. The van der Waals surface area contributed by atoms with Gasteiger partial charge < -0.3 is 9.47 Å². The highest BCUT2D eigenvalue weighted by Gasteiger charge is 2.37. The molecule has 0 saturated heterocycles. The predicted octanol–water partition coefficient (Wildman–Crippen LogP) is 7.50. The maximum Gasteiger partial charge on any atom is 0.332 e. The lowest BCUT2D eigenvalue weighted by Crippen LogP contribution is -2.42. The first-order valence-electron chi connectivity index (χ1n) is 17.3. The van der Waals surface area contributed by atoms with Gasteiger partial charge >= 0.3 is 5.69 Å². The van der Waals surface area contributed by atoms with E-state index < -0.39 is 0 Å². The maximum atomic E-state index is 14.3. The fourth-order valence-corrected chi connectivity index (χ4v) is 6.78. The Kier molecular flexibility index (Phi) is 10.3. The van der Waals surface area contributed by atoms with E-state index >= 15 is 0 Å². The molecule has 0 spiro atoms. The van der Waals surface area contributed by atoms with Crippen molar-refractivity contribution in [2.24, 2.45) is 9.98 Å². The molecule has 4 aliphatic rings. The molecule has 244 valence electrons. The van der Waals surface area contributed by atoms with Gasteiger partial charge in [0.05, 0.1) is 35.4 Å². The van der Waals surface area contributed by atoms with Crippen LogP contribution in [0, 0.1) is 0 Å². The van der Waals surface area contributed by atoms with E-state index in [9.17, 15) is 9.59 Å². The Morgan fingerprint density at radius 1 is 1.04 bits per heavy atom. The third-order valence-electron chi connectivity index (χ3n) is 9.62. The highest BCUT2D eigenvalue weighted by atomic mass is 16.5. The summed E-state index contributed by atoms with van der Waals surface area (Å²) in [5, 5.41) is 0. The maximum absolute atomic E-state index is 14.3. The summed E-state index contributed by atoms with van der Waals surface area (Å²) in [4.78, 5) is 38.4. The van der Waals surface area contributed by atoms with Crippen LogP contribution in [0.25, 0.3) is 0 Å². The molecule has 3 heterocycles. The van der Waals surface area contributed by atoms with Crippen molar-refractivity contribution in [1.82, 2.24) is 9.13 Å². The molecule has 6 rings (SSSR count). The van der Waals surface area contributed by atoms with E-state index in [4.69, 9.17) is 19.5 Å². The zero-order valence-corrected chi connectivity index (χ0v) is 27.6. The van der Waals surface area contributed by atoms with Gasteiger partial charge in [0.1, 0.15) is 11.6 Å². The first-order valence-corrected chi connectivity index (χ1v) is 17.3. The first kappa shape index (κ1) is 32.2.